The Balaban J connectivity index is 1.61. The number of anilines is 2. The van der Waals surface area contributed by atoms with Gasteiger partial charge >= 0.3 is 0 Å². The number of hydrogen-bond donors (Lipinski definition) is 2. The van der Waals surface area contributed by atoms with Crippen LogP contribution in [-0.4, -0.2) is 51.5 Å². The lowest BCUT2D eigenvalue weighted by molar-refractivity contribution is -0.114. The van der Waals surface area contributed by atoms with E-state index in [2.05, 4.69) is 10.6 Å². The van der Waals surface area contributed by atoms with Crippen LogP contribution in [0.2, 0.25) is 0 Å². The summed E-state index contributed by atoms with van der Waals surface area (Å²) in [5, 5.41) is 5.53. The van der Waals surface area contributed by atoms with E-state index in [0.29, 0.717) is 37.7 Å². The first-order chi connectivity index (χ1) is 12.9. The van der Waals surface area contributed by atoms with Gasteiger partial charge in [-0.15, -0.1) is 0 Å². The smallest absolute Gasteiger partial charge is 0.243 e. The summed E-state index contributed by atoms with van der Waals surface area (Å²) in [5.41, 5.74) is 0.991. The highest BCUT2D eigenvalue weighted by molar-refractivity contribution is 7.89. The fourth-order valence-corrected chi connectivity index (χ4v) is 4.08. The second-order valence-corrected chi connectivity index (χ2v) is 7.89. The number of ether oxygens (including phenoxy) is 1. The molecule has 1 fully saturated rings. The number of morpholine rings is 1. The molecule has 1 saturated heterocycles. The van der Waals surface area contributed by atoms with Gasteiger partial charge in [-0.25, -0.2) is 12.8 Å². The van der Waals surface area contributed by atoms with Crippen LogP contribution in [0.5, 0.6) is 0 Å². The summed E-state index contributed by atoms with van der Waals surface area (Å²) in [5.74, 6) is -0.715. The van der Waals surface area contributed by atoms with Gasteiger partial charge in [0.2, 0.25) is 15.9 Å². The minimum Gasteiger partial charge on any atom is -0.379 e. The molecule has 0 atom stereocenters. The number of carbonyl (C=O) groups excluding carboxylic acids is 1. The van der Waals surface area contributed by atoms with Gasteiger partial charge in [0, 0.05) is 24.5 Å². The maximum absolute atomic E-state index is 12.9. The Morgan fingerprint density at radius 2 is 1.78 bits per heavy atom. The normalized spacial score (nSPS) is 15.3. The Morgan fingerprint density at radius 3 is 2.48 bits per heavy atom. The van der Waals surface area contributed by atoms with E-state index in [0.717, 1.165) is 0 Å². The van der Waals surface area contributed by atoms with E-state index >= 15 is 0 Å². The molecular weight excluding hydrogens is 373 g/mol. The van der Waals surface area contributed by atoms with E-state index in [1.54, 1.807) is 12.1 Å². The van der Waals surface area contributed by atoms with Gasteiger partial charge in [-0.05, 0) is 42.5 Å². The maximum atomic E-state index is 12.9. The van der Waals surface area contributed by atoms with Gasteiger partial charge in [0.1, 0.15) is 5.82 Å². The first-order valence-electron chi connectivity index (χ1n) is 8.42. The summed E-state index contributed by atoms with van der Waals surface area (Å²) in [6.45, 7) is 1.33. The predicted molar refractivity (Wildman–Crippen MR) is 99.5 cm³/mol. The topological polar surface area (TPSA) is 87.7 Å². The van der Waals surface area contributed by atoms with Gasteiger partial charge in [0.05, 0.1) is 24.7 Å². The number of hydrogen-bond acceptors (Lipinski definition) is 5. The summed E-state index contributed by atoms with van der Waals surface area (Å²) in [4.78, 5) is 12.2. The molecule has 1 amide bonds. The van der Waals surface area contributed by atoms with E-state index in [1.807, 2.05) is 0 Å². The second-order valence-electron chi connectivity index (χ2n) is 5.95. The van der Waals surface area contributed by atoms with Crippen molar-refractivity contribution in [2.75, 3.05) is 43.5 Å². The lowest BCUT2D eigenvalue weighted by Gasteiger charge is -2.26. The van der Waals surface area contributed by atoms with Crippen molar-refractivity contribution in [3.05, 3.63) is 54.3 Å². The summed E-state index contributed by atoms with van der Waals surface area (Å²) in [7, 11) is -3.60. The second kappa shape index (κ2) is 8.47. The molecule has 1 aliphatic heterocycles. The Bertz CT molecular complexity index is 897. The molecule has 0 unspecified atom stereocenters. The maximum Gasteiger partial charge on any atom is 0.243 e. The molecule has 2 N–H and O–H groups in total. The number of carbonyl (C=O) groups is 1. The third-order valence-corrected chi connectivity index (χ3v) is 5.92. The minimum absolute atomic E-state index is 0.0571. The quantitative estimate of drug-likeness (QED) is 0.783. The third kappa shape index (κ3) is 5.03. The Kier molecular flexibility index (Phi) is 6.04. The standard InChI is InChI=1S/C18H20FN3O4S/c19-14-4-6-15(7-5-14)21-18(23)13-20-16-2-1-3-17(12-16)27(24,25)22-8-10-26-11-9-22/h1-7,12,20H,8-11,13H2,(H,21,23). The highest BCUT2D eigenvalue weighted by atomic mass is 32.2. The number of nitrogens with zero attached hydrogens (tertiary/aromatic N) is 1. The van der Waals surface area contributed by atoms with Crippen molar-refractivity contribution in [2.24, 2.45) is 0 Å². The molecule has 3 rings (SSSR count). The highest BCUT2D eigenvalue weighted by Crippen LogP contribution is 2.20. The third-order valence-electron chi connectivity index (χ3n) is 4.02. The molecule has 0 aromatic heterocycles. The van der Waals surface area contributed by atoms with E-state index in [4.69, 9.17) is 4.74 Å². The van der Waals surface area contributed by atoms with Crippen molar-refractivity contribution in [1.82, 2.24) is 4.31 Å². The van der Waals surface area contributed by atoms with E-state index < -0.39 is 10.0 Å². The van der Waals surface area contributed by atoms with Crippen molar-refractivity contribution in [2.45, 2.75) is 4.90 Å². The van der Waals surface area contributed by atoms with Gasteiger partial charge in [0.15, 0.2) is 0 Å². The van der Waals surface area contributed by atoms with Crippen LogP contribution in [0.4, 0.5) is 15.8 Å². The molecule has 2 aromatic carbocycles. The average Bonchev–Trinajstić information content (AvgIpc) is 2.69. The zero-order valence-corrected chi connectivity index (χ0v) is 15.3. The van der Waals surface area contributed by atoms with Crippen LogP contribution in [0.3, 0.4) is 0 Å². The molecule has 7 nitrogen and oxygen atoms in total. The first kappa shape index (κ1) is 19.3. The largest absolute Gasteiger partial charge is 0.379 e. The molecule has 0 spiro atoms. The molecule has 1 heterocycles. The zero-order chi connectivity index (χ0) is 19.3. The summed E-state index contributed by atoms with van der Waals surface area (Å²) in [6.07, 6.45) is 0. The van der Waals surface area contributed by atoms with Gasteiger partial charge in [0.25, 0.3) is 0 Å². The lowest BCUT2D eigenvalue weighted by atomic mass is 10.3. The van der Waals surface area contributed by atoms with Gasteiger partial charge in [-0.1, -0.05) is 6.07 Å². The number of amides is 1. The molecule has 2 aromatic rings. The molecule has 0 aliphatic carbocycles. The number of halogens is 1. The summed E-state index contributed by atoms with van der Waals surface area (Å²) < 4.78 is 44.8. The Labute approximate surface area is 157 Å². The molecule has 0 bridgehead atoms. The number of benzene rings is 2. The van der Waals surface area contributed by atoms with E-state index in [1.165, 1.54) is 40.7 Å². The molecule has 1 aliphatic rings. The minimum atomic E-state index is -3.60. The SMILES string of the molecule is O=C(CNc1cccc(S(=O)(=O)N2CCOCC2)c1)Nc1ccc(F)cc1. The van der Waals surface area contributed by atoms with Gasteiger partial charge in [-0.3, -0.25) is 4.79 Å². The van der Waals surface area contributed by atoms with E-state index in [9.17, 15) is 17.6 Å². The Morgan fingerprint density at radius 1 is 1.07 bits per heavy atom. The van der Waals surface area contributed by atoms with Crippen LogP contribution in [-0.2, 0) is 19.6 Å². The van der Waals surface area contributed by atoms with Crippen LogP contribution < -0.4 is 10.6 Å². The van der Waals surface area contributed by atoms with E-state index in [-0.39, 0.29) is 23.2 Å². The van der Waals surface area contributed by atoms with Crippen LogP contribution in [0.25, 0.3) is 0 Å². The molecule has 27 heavy (non-hydrogen) atoms. The van der Waals surface area contributed by atoms with Gasteiger partial charge < -0.3 is 15.4 Å². The predicted octanol–water partition coefficient (Wildman–Crippen LogP) is 1.90. The van der Waals surface area contributed by atoms with Crippen molar-refractivity contribution in [1.29, 1.82) is 0 Å². The van der Waals surface area contributed by atoms with Crippen LogP contribution in [0, 0.1) is 5.82 Å². The fraction of sp³-hybridized carbons (Fsp3) is 0.278. The highest BCUT2D eigenvalue weighted by Gasteiger charge is 2.26. The number of sulfonamides is 1. The van der Waals surface area contributed by atoms with Crippen LogP contribution >= 0.6 is 0 Å². The molecule has 144 valence electrons. The van der Waals surface area contributed by atoms with Crippen molar-refractivity contribution >= 4 is 27.3 Å². The molecule has 9 heteroatoms. The zero-order valence-electron chi connectivity index (χ0n) is 14.5. The molecular formula is C18H20FN3O4S. The van der Waals surface area contributed by atoms with Crippen molar-refractivity contribution in [3.63, 3.8) is 0 Å². The molecule has 0 radical (unpaired) electrons. The number of rotatable bonds is 6. The van der Waals surface area contributed by atoms with Crippen molar-refractivity contribution in [3.8, 4) is 0 Å². The monoisotopic (exact) mass is 393 g/mol. The fourth-order valence-electron chi connectivity index (χ4n) is 2.62. The summed E-state index contributed by atoms with van der Waals surface area (Å²) >= 11 is 0. The Hall–Kier alpha value is -2.49. The first-order valence-corrected chi connectivity index (χ1v) is 9.86. The number of nitrogens with one attached hydrogen (secondary N) is 2. The molecule has 0 saturated carbocycles. The van der Waals surface area contributed by atoms with Crippen LogP contribution in [0.1, 0.15) is 0 Å². The summed E-state index contributed by atoms with van der Waals surface area (Å²) in [6, 6.07) is 11.7. The van der Waals surface area contributed by atoms with Crippen molar-refractivity contribution < 1.29 is 22.3 Å². The lowest BCUT2D eigenvalue weighted by Crippen LogP contribution is -2.40. The van der Waals surface area contributed by atoms with Crippen LogP contribution in [0.15, 0.2) is 53.4 Å². The average molecular weight is 393 g/mol. The van der Waals surface area contributed by atoms with Gasteiger partial charge in [-0.2, -0.15) is 4.31 Å².